The molecule has 0 aromatic heterocycles. The van der Waals surface area contributed by atoms with Crippen molar-refractivity contribution < 1.29 is 4.79 Å². The van der Waals surface area contributed by atoms with E-state index in [1.807, 2.05) is 13.0 Å². The van der Waals surface area contributed by atoms with Gasteiger partial charge in [0.2, 0.25) is 0 Å². The van der Waals surface area contributed by atoms with E-state index < -0.39 is 0 Å². The predicted octanol–water partition coefficient (Wildman–Crippen LogP) is 2.48. The van der Waals surface area contributed by atoms with Crippen molar-refractivity contribution in [1.82, 2.24) is 5.32 Å². The molecule has 1 unspecified atom stereocenters. The first-order chi connectivity index (χ1) is 7.09. The second-order valence-electron chi connectivity index (χ2n) is 4.65. The van der Waals surface area contributed by atoms with Crippen LogP contribution in [0, 0.1) is 12.8 Å². The number of aryl methyl sites for hydroxylation is 1. The molecule has 0 saturated heterocycles. The van der Waals surface area contributed by atoms with E-state index in [4.69, 9.17) is 0 Å². The summed E-state index contributed by atoms with van der Waals surface area (Å²) in [5, 5.41) is 2.96. The van der Waals surface area contributed by atoms with E-state index in [1.54, 1.807) is 0 Å². The summed E-state index contributed by atoms with van der Waals surface area (Å²) >= 11 is 0. The minimum atomic E-state index is 0.0746. The van der Waals surface area contributed by atoms with E-state index in [0.29, 0.717) is 11.8 Å². The van der Waals surface area contributed by atoms with Crippen molar-refractivity contribution in [3.8, 4) is 0 Å². The minimum absolute atomic E-state index is 0.0746. The number of fused-ring (bicyclic) bond motifs is 1. The van der Waals surface area contributed by atoms with Gasteiger partial charge in [0.25, 0.3) is 5.91 Å². The van der Waals surface area contributed by atoms with Crippen LogP contribution >= 0.6 is 0 Å². The number of hydrogen-bond donors (Lipinski definition) is 1. The van der Waals surface area contributed by atoms with Crippen molar-refractivity contribution in [2.45, 2.75) is 26.7 Å². The molecule has 80 valence electrons. The minimum Gasteiger partial charge on any atom is -0.351 e. The van der Waals surface area contributed by atoms with Crippen molar-refractivity contribution >= 4 is 5.91 Å². The van der Waals surface area contributed by atoms with Crippen LogP contribution in [0.15, 0.2) is 18.2 Å². The van der Waals surface area contributed by atoms with Crippen molar-refractivity contribution in [2.24, 2.45) is 5.92 Å². The summed E-state index contributed by atoms with van der Waals surface area (Å²) in [6.45, 7) is 7.19. The van der Waals surface area contributed by atoms with Gasteiger partial charge in [-0.3, -0.25) is 4.79 Å². The predicted molar refractivity (Wildman–Crippen MR) is 61.1 cm³/mol. The van der Waals surface area contributed by atoms with Crippen LogP contribution in [0.1, 0.15) is 41.3 Å². The third kappa shape index (κ3) is 1.76. The summed E-state index contributed by atoms with van der Waals surface area (Å²) in [5.74, 6) is 1.09. The molecule has 0 radical (unpaired) electrons. The molecular formula is C13H17NO. The fraction of sp³-hybridized carbons (Fsp3) is 0.462. The Hall–Kier alpha value is -1.31. The SMILES string of the molecule is Cc1ccc2c(c1)C(=O)NCC2C(C)C. The molecule has 1 amide bonds. The van der Waals surface area contributed by atoms with Crippen LogP contribution in [0.3, 0.4) is 0 Å². The van der Waals surface area contributed by atoms with Crippen LogP contribution in [0.25, 0.3) is 0 Å². The Morgan fingerprint density at radius 3 is 2.80 bits per heavy atom. The lowest BCUT2D eigenvalue weighted by Gasteiger charge is -2.28. The number of benzene rings is 1. The highest BCUT2D eigenvalue weighted by Crippen LogP contribution is 2.30. The lowest BCUT2D eigenvalue weighted by molar-refractivity contribution is 0.0936. The monoisotopic (exact) mass is 203 g/mol. The highest BCUT2D eigenvalue weighted by Gasteiger charge is 2.26. The quantitative estimate of drug-likeness (QED) is 0.746. The largest absolute Gasteiger partial charge is 0.351 e. The van der Waals surface area contributed by atoms with Crippen molar-refractivity contribution in [3.63, 3.8) is 0 Å². The zero-order valence-electron chi connectivity index (χ0n) is 9.50. The Labute approximate surface area is 90.7 Å². The number of carbonyl (C=O) groups excluding carboxylic acids is 1. The summed E-state index contributed by atoms with van der Waals surface area (Å²) in [6, 6.07) is 6.18. The summed E-state index contributed by atoms with van der Waals surface area (Å²) in [4.78, 5) is 11.7. The smallest absolute Gasteiger partial charge is 0.251 e. The lowest BCUT2D eigenvalue weighted by Crippen LogP contribution is -2.36. The second-order valence-corrected chi connectivity index (χ2v) is 4.65. The Morgan fingerprint density at radius 1 is 1.40 bits per heavy atom. The number of hydrogen-bond acceptors (Lipinski definition) is 1. The van der Waals surface area contributed by atoms with E-state index >= 15 is 0 Å². The summed E-state index contributed by atoms with van der Waals surface area (Å²) in [5.41, 5.74) is 3.22. The van der Waals surface area contributed by atoms with Gasteiger partial charge in [-0.1, -0.05) is 31.5 Å². The highest BCUT2D eigenvalue weighted by molar-refractivity contribution is 5.97. The van der Waals surface area contributed by atoms with Crippen LogP contribution < -0.4 is 5.32 Å². The zero-order valence-corrected chi connectivity index (χ0v) is 9.50. The maximum absolute atomic E-state index is 11.7. The van der Waals surface area contributed by atoms with Gasteiger partial charge in [-0.2, -0.15) is 0 Å². The molecule has 0 bridgehead atoms. The van der Waals surface area contributed by atoms with Gasteiger partial charge in [0.05, 0.1) is 0 Å². The molecular weight excluding hydrogens is 186 g/mol. The number of carbonyl (C=O) groups is 1. The molecule has 1 aliphatic heterocycles. The Balaban J connectivity index is 2.50. The van der Waals surface area contributed by atoms with Crippen molar-refractivity contribution in [1.29, 1.82) is 0 Å². The molecule has 2 heteroatoms. The second kappa shape index (κ2) is 3.69. The fourth-order valence-corrected chi connectivity index (χ4v) is 2.19. The third-order valence-electron chi connectivity index (χ3n) is 3.14. The van der Waals surface area contributed by atoms with Gasteiger partial charge in [-0.05, 0) is 24.5 Å². The van der Waals surface area contributed by atoms with Crippen LogP contribution in [-0.4, -0.2) is 12.5 Å². The van der Waals surface area contributed by atoms with E-state index in [0.717, 1.165) is 17.7 Å². The van der Waals surface area contributed by atoms with Gasteiger partial charge in [0.15, 0.2) is 0 Å². The van der Waals surface area contributed by atoms with Gasteiger partial charge in [0, 0.05) is 18.0 Å². The summed E-state index contributed by atoms with van der Waals surface area (Å²) in [7, 11) is 0. The molecule has 15 heavy (non-hydrogen) atoms. The number of nitrogens with one attached hydrogen (secondary N) is 1. The molecule has 1 heterocycles. The molecule has 1 N–H and O–H groups in total. The van der Waals surface area contributed by atoms with Gasteiger partial charge in [0.1, 0.15) is 0 Å². The standard InChI is InChI=1S/C13H17NO/c1-8(2)12-7-14-13(15)11-6-9(3)4-5-10(11)12/h4-6,8,12H,7H2,1-3H3,(H,14,15). The molecule has 0 spiro atoms. The van der Waals surface area contributed by atoms with Gasteiger partial charge in [-0.25, -0.2) is 0 Å². The Morgan fingerprint density at radius 2 is 2.13 bits per heavy atom. The van der Waals surface area contributed by atoms with Crippen molar-refractivity contribution in [3.05, 3.63) is 34.9 Å². The molecule has 0 fully saturated rings. The molecule has 1 aliphatic rings. The third-order valence-corrected chi connectivity index (χ3v) is 3.14. The molecule has 2 nitrogen and oxygen atoms in total. The molecule has 1 aromatic rings. The first-order valence-corrected chi connectivity index (χ1v) is 5.48. The average molecular weight is 203 g/mol. The normalized spacial score (nSPS) is 20.0. The van der Waals surface area contributed by atoms with E-state index in [2.05, 4.69) is 31.3 Å². The van der Waals surface area contributed by atoms with Gasteiger partial charge in [-0.15, -0.1) is 0 Å². The van der Waals surface area contributed by atoms with Crippen LogP contribution in [0.5, 0.6) is 0 Å². The molecule has 2 rings (SSSR count). The highest BCUT2D eigenvalue weighted by atomic mass is 16.1. The van der Waals surface area contributed by atoms with Crippen LogP contribution in [-0.2, 0) is 0 Å². The van der Waals surface area contributed by atoms with Crippen LogP contribution in [0.2, 0.25) is 0 Å². The van der Waals surface area contributed by atoms with Gasteiger partial charge < -0.3 is 5.32 Å². The summed E-state index contributed by atoms with van der Waals surface area (Å²) in [6.07, 6.45) is 0. The van der Waals surface area contributed by atoms with E-state index in [9.17, 15) is 4.79 Å². The summed E-state index contributed by atoms with van der Waals surface area (Å²) < 4.78 is 0. The first-order valence-electron chi connectivity index (χ1n) is 5.48. The molecule has 1 atom stereocenters. The molecule has 0 aliphatic carbocycles. The number of amides is 1. The average Bonchev–Trinajstić information content (AvgIpc) is 2.19. The first kappa shape index (κ1) is 10.2. The Kier molecular flexibility index (Phi) is 2.51. The fourth-order valence-electron chi connectivity index (χ4n) is 2.19. The number of rotatable bonds is 1. The topological polar surface area (TPSA) is 29.1 Å². The maximum atomic E-state index is 11.7. The Bertz CT molecular complexity index is 396. The zero-order chi connectivity index (χ0) is 11.0. The lowest BCUT2D eigenvalue weighted by atomic mass is 9.82. The van der Waals surface area contributed by atoms with Crippen LogP contribution in [0.4, 0.5) is 0 Å². The van der Waals surface area contributed by atoms with Crippen molar-refractivity contribution in [2.75, 3.05) is 6.54 Å². The van der Waals surface area contributed by atoms with Gasteiger partial charge >= 0.3 is 0 Å². The van der Waals surface area contributed by atoms with E-state index in [-0.39, 0.29) is 5.91 Å². The van der Waals surface area contributed by atoms with E-state index in [1.165, 1.54) is 5.56 Å². The molecule has 1 aromatic carbocycles. The molecule has 0 saturated carbocycles. The maximum Gasteiger partial charge on any atom is 0.251 e.